The van der Waals surface area contributed by atoms with Gasteiger partial charge < -0.3 is 24.4 Å². The van der Waals surface area contributed by atoms with Gasteiger partial charge in [-0.3, -0.25) is 4.79 Å². The Kier molecular flexibility index (Phi) is 8.84. The Morgan fingerprint density at radius 3 is 1.68 bits per heavy atom. The molecule has 8 heteroatoms. The standard InChI is InChI=1S/C30H33NO7/c1-2-3-4-5-6-7-8-13-18-31-28(34)23(24-26(32)19-14-9-11-16-21(19)37-29(24)35)25-27(33)20-15-10-12-17-22(20)38-30(25)36/h9-12,14-17,23,32-33H,2-8,13,18H2,1H3,(H,31,34). The largest absolute Gasteiger partial charge is 0.507 e. The quantitative estimate of drug-likeness (QED) is 0.162. The van der Waals surface area contributed by atoms with Crippen LogP contribution in [-0.4, -0.2) is 22.7 Å². The Morgan fingerprint density at radius 1 is 0.737 bits per heavy atom. The lowest BCUT2D eigenvalue weighted by molar-refractivity contribution is -0.121. The first-order valence-corrected chi connectivity index (χ1v) is 13.2. The maximum Gasteiger partial charge on any atom is 0.344 e. The van der Waals surface area contributed by atoms with Gasteiger partial charge in [-0.1, -0.05) is 76.1 Å². The second-order valence-corrected chi connectivity index (χ2v) is 9.49. The second-order valence-electron chi connectivity index (χ2n) is 9.49. The van der Waals surface area contributed by atoms with Crippen molar-refractivity contribution in [3.05, 3.63) is 80.5 Å². The van der Waals surface area contributed by atoms with E-state index in [0.29, 0.717) is 13.0 Å². The highest BCUT2D eigenvalue weighted by Gasteiger charge is 2.36. The summed E-state index contributed by atoms with van der Waals surface area (Å²) in [6.07, 6.45) is 8.67. The topological polar surface area (TPSA) is 130 Å². The molecule has 200 valence electrons. The summed E-state index contributed by atoms with van der Waals surface area (Å²) in [6, 6.07) is 12.7. The number of unbranched alkanes of at least 4 members (excludes halogenated alkanes) is 7. The van der Waals surface area contributed by atoms with Crippen LogP contribution in [0.15, 0.2) is 67.0 Å². The third-order valence-corrected chi connectivity index (χ3v) is 6.81. The maximum atomic E-state index is 13.5. The zero-order valence-electron chi connectivity index (χ0n) is 21.5. The van der Waals surface area contributed by atoms with Crippen molar-refractivity contribution in [3.63, 3.8) is 0 Å². The number of amides is 1. The van der Waals surface area contributed by atoms with Crippen molar-refractivity contribution in [1.29, 1.82) is 0 Å². The van der Waals surface area contributed by atoms with Crippen molar-refractivity contribution in [1.82, 2.24) is 5.32 Å². The van der Waals surface area contributed by atoms with E-state index in [4.69, 9.17) is 8.83 Å². The number of nitrogens with one attached hydrogen (secondary N) is 1. The van der Waals surface area contributed by atoms with E-state index in [9.17, 15) is 24.6 Å². The fraction of sp³-hybridized carbons (Fsp3) is 0.367. The predicted octanol–water partition coefficient (Wildman–Crippen LogP) is 5.70. The van der Waals surface area contributed by atoms with Gasteiger partial charge in [0.25, 0.3) is 0 Å². The van der Waals surface area contributed by atoms with E-state index in [-0.39, 0.29) is 21.9 Å². The van der Waals surface area contributed by atoms with Crippen molar-refractivity contribution < 1.29 is 23.8 Å². The molecule has 0 fully saturated rings. The fourth-order valence-electron chi connectivity index (χ4n) is 4.78. The highest BCUT2D eigenvalue weighted by Crippen LogP contribution is 2.38. The van der Waals surface area contributed by atoms with Crippen molar-refractivity contribution in [2.75, 3.05) is 6.54 Å². The second kappa shape index (κ2) is 12.4. The van der Waals surface area contributed by atoms with E-state index in [1.54, 1.807) is 24.3 Å². The van der Waals surface area contributed by atoms with Crippen LogP contribution in [0.1, 0.15) is 75.3 Å². The molecule has 8 nitrogen and oxygen atoms in total. The van der Waals surface area contributed by atoms with E-state index in [1.165, 1.54) is 49.9 Å². The number of rotatable bonds is 12. The van der Waals surface area contributed by atoms with Crippen LogP contribution in [0.2, 0.25) is 0 Å². The maximum absolute atomic E-state index is 13.5. The van der Waals surface area contributed by atoms with Gasteiger partial charge in [0, 0.05) is 6.54 Å². The van der Waals surface area contributed by atoms with Gasteiger partial charge in [0.15, 0.2) is 0 Å². The molecule has 3 N–H and O–H groups in total. The molecule has 2 aromatic carbocycles. The van der Waals surface area contributed by atoms with Gasteiger partial charge >= 0.3 is 11.3 Å². The normalized spacial score (nSPS) is 11.4. The van der Waals surface area contributed by atoms with Gasteiger partial charge in [-0.2, -0.15) is 0 Å². The van der Waals surface area contributed by atoms with Crippen LogP contribution in [-0.2, 0) is 4.79 Å². The molecule has 0 saturated carbocycles. The van der Waals surface area contributed by atoms with E-state index < -0.39 is 45.7 Å². The summed E-state index contributed by atoms with van der Waals surface area (Å²) in [7, 11) is 0. The first kappa shape index (κ1) is 27.0. The zero-order chi connectivity index (χ0) is 27.1. The lowest BCUT2D eigenvalue weighted by atomic mass is 9.89. The highest BCUT2D eigenvalue weighted by atomic mass is 16.4. The van der Waals surface area contributed by atoms with E-state index in [0.717, 1.165) is 19.3 Å². The summed E-state index contributed by atoms with van der Waals surface area (Å²) in [5.74, 6) is -3.35. The molecule has 0 aliphatic rings. The average Bonchev–Trinajstić information content (AvgIpc) is 2.91. The minimum Gasteiger partial charge on any atom is -0.507 e. The molecule has 0 spiro atoms. The number of carbonyl (C=O) groups is 1. The number of carbonyl (C=O) groups excluding carboxylic acids is 1. The van der Waals surface area contributed by atoms with Crippen molar-refractivity contribution in [2.24, 2.45) is 0 Å². The molecule has 2 aromatic heterocycles. The number of hydrogen-bond acceptors (Lipinski definition) is 7. The molecule has 1 amide bonds. The molecular formula is C30H33NO7. The van der Waals surface area contributed by atoms with Crippen LogP contribution in [0, 0.1) is 0 Å². The number of aromatic hydroxyl groups is 2. The summed E-state index contributed by atoms with van der Waals surface area (Å²) in [5, 5.41) is 25.3. The van der Waals surface area contributed by atoms with E-state index >= 15 is 0 Å². The average molecular weight is 520 g/mol. The fourth-order valence-corrected chi connectivity index (χ4v) is 4.78. The Balaban J connectivity index is 1.67. The molecule has 0 aliphatic carbocycles. The molecule has 0 radical (unpaired) electrons. The number of para-hydroxylation sites is 2. The van der Waals surface area contributed by atoms with Crippen LogP contribution in [0.4, 0.5) is 0 Å². The molecule has 0 atom stereocenters. The minimum atomic E-state index is -1.65. The van der Waals surface area contributed by atoms with Crippen LogP contribution in [0.3, 0.4) is 0 Å². The summed E-state index contributed by atoms with van der Waals surface area (Å²) >= 11 is 0. The summed E-state index contributed by atoms with van der Waals surface area (Å²) in [4.78, 5) is 39.7. The number of fused-ring (bicyclic) bond motifs is 2. The zero-order valence-corrected chi connectivity index (χ0v) is 21.5. The molecule has 0 unspecified atom stereocenters. The van der Waals surface area contributed by atoms with Crippen LogP contribution in [0.5, 0.6) is 11.5 Å². The molecule has 38 heavy (non-hydrogen) atoms. The van der Waals surface area contributed by atoms with E-state index in [1.807, 2.05) is 0 Å². The van der Waals surface area contributed by atoms with Crippen molar-refractivity contribution >= 4 is 27.8 Å². The number of hydrogen-bond donors (Lipinski definition) is 3. The summed E-state index contributed by atoms with van der Waals surface area (Å²) in [6.45, 7) is 2.49. The first-order chi connectivity index (χ1) is 18.4. The molecule has 4 rings (SSSR count). The van der Waals surface area contributed by atoms with Crippen LogP contribution >= 0.6 is 0 Å². The van der Waals surface area contributed by atoms with Crippen molar-refractivity contribution in [2.45, 2.75) is 64.2 Å². The molecular weight excluding hydrogens is 486 g/mol. The molecule has 2 heterocycles. The molecule has 4 aromatic rings. The first-order valence-electron chi connectivity index (χ1n) is 13.2. The van der Waals surface area contributed by atoms with Gasteiger partial charge in [-0.25, -0.2) is 9.59 Å². The third kappa shape index (κ3) is 5.74. The molecule has 0 aliphatic heterocycles. The summed E-state index contributed by atoms with van der Waals surface area (Å²) in [5.41, 5.74) is -2.58. The SMILES string of the molecule is CCCCCCCCCCNC(=O)C(c1c(O)c2ccccc2oc1=O)c1c(O)c2ccccc2oc1=O. The van der Waals surface area contributed by atoms with Gasteiger partial charge in [0.1, 0.15) is 28.6 Å². The molecule has 0 bridgehead atoms. The Morgan fingerprint density at radius 2 is 1.18 bits per heavy atom. The Hall–Kier alpha value is -4.07. The molecule has 0 saturated heterocycles. The number of benzene rings is 2. The van der Waals surface area contributed by atoms with Gasteiger partial charge in [0.05, 0.1) is 21.9 Å². The van der Waals surface area contributed by atoms with Crippen LogP contribution < -0.4 is 16.6 Å². The van der Waals surface area contributed by atoms with Gasteiger partial charge in [-0.05, 0) is 30.7 Å². The van der Waals surface area contributed by atoms with Gasteiger partial charge in [0.2, 0.25) is 5.91 Å². The lowest BCUT2D eigenvalue weighted by Gasteiger charge is -2.19. The Labute approximate surface area is 219 Å². The van der Waals surface area contributed by atoms with Crippen LogP contribution in [0.25, 0.3) is 21.9 Å². The smallest absolute Gasteiger partial charge is 0.344 e. The van der Waals surface area contributed by atoms with E-state index in [2.05, 4.69) is 12.2 Å². The summed E-state index contributed by atoms with van der Waals surface area (Å²) < 4.78 is 10.8. The monoisotopic (exact) mass is 519 g/mol. The van der Waals surface area contributed by atoms with Gasteiger partial charge in [-0.15, -0.1) is 0 Å². The lowest BCUT2D eigenvalue weighted by Crippen LogP contribution is -2.35. The highest BCUT2D eigenvalue weighted by molar-refractivity contribution is 5.94. The Bertz CT molecular complexity index is 1440. The predicted molar refractivity (Wildman–Crippen MR) is 146 cm³/mol. The minimum absolute atomic E-state index is 0.131. The van der Waals surface area contributed by atoms with Crippen molar-refractivity contribution in [3.8, 4) is 11.5 Å². The third-order valence-electron chi connectivity index (χ3n) is 6.81.